The molecular formula is C12H18N4O. The van der Waals surface area contributed by atoms with Gasteiger partial charge < -0.3 is 11.1 Å². The van der Waals surface area contributed by atoms with Crippen molar-refractivity contribution in [2.24, 2.45) is 5.73 Å². The van der Waals surface area contributed by atoms with Crippen LogP contribution in [0.25, 0.3) is 0 Å². The molecule has 0 saturated heterocycles. The van der Waals surface area contributed by atoms with Crippen LogP contribution in [0.15, 0.2) is 18.2 Å². The van der Waals surface area contributed by atoms with Gasteiger partial charge in [0.1, 0.15) is 0 Å². The van der Waals surface area contributed by atoms with Crippen LogP contribution in [0.5, 0.6) is 0 Å². The lowest BCUT2D eigenvalue weighted by Gasteiger charge is -2.13. The average molecular weight is 234 g/mol. The van der Waals surface area contributed by atoms with Gasteiger partial charge in [-0.15, -0.1) is 0 Å². The number of urea groups is 1. The molecule has 2 amide bonds. The summed E-state index contributed by atoms with van der Waals surface area (Å²) < 4.78 is 0. The summed E-state index contributed by atoms with van der Waals surface area (Å²) in [6.07, 6.45) is 1.91. The van der Waals surface area contributed by atoms with Crippen LogP contribution in [0.4, 0.5) is 10.5 Å². The van der Waals surface area contributed by atoms with Gasteiger partial charge in [0.05, 0.1) is 0 Å². The molecule has 0 aliphatic heterocycles. The molecule has 1 rings (SSSR count). The van der Waals surface area contributed by atoms with Crippen molar-refractivity contribution in [2.45, 2.75) is 26.7 Å². The summed E-state index contributed by atoms with van der Waals surface area (Å²) in [5.41, 5.74) is 7.98. The SMILES string of the molecule is CCCc1cccc(C)c1NC(=O)NC(=N)N. The van der Waals surface area contributed by atoms with Crippen LogP contribution in [0.2, 0.25) is 0 Å². The smallest absolute Gasteiger partial charge is 0.325 e. The molecule has 1 aromatic rings. The summed E-state index contributed by atoms with van der Waals surface area (Å²) in [5.74, 6) is -0.367. The average Bonchev–Trinajstić information content (AvgIpc) is 2.22. The molecule has 5 N–H and O–H groups in total. The highest BCUT2D eigenvalue weighted by molar-refractivity contribution is 6.01. The van der Waals surface area contributed by atoms with E-state index in [1.807, 2.05) is 25.1 Å². The third-order valence-corrected chi connectivity index (χ3v) is 2.37. The monoisotopic (exact) mass is 234 g/mol. The van der Waals surface area contributed by atoms with Crippen LogP contribution in [-0.2, 0) is 6.42 Å². The van der Waals surface area contributed by atoms with E-state index >= 15 is 0 Å². The maximum atomic E-state index is 11.5. The Hall–Kier alpha value is -2.04. The third kappa shape index (κ3) is 3.79. The molecule has 92 valence electrons. The molecule has 17 heavy (non-hydrogen) atoms. The van der Waals surface area contributed by atoms with Crippen LogP contribution >= 0.6 is 0 Å². The summed E-state index contributed by atoms with van der Waals surface area (Å²) in [7, 11) is 0. The van der Waals surface area contributed by atoms with E-state index in [0.29, 0.717) is 0 Å². The first-order valence-electron chi connectivity index (χ1n) is 5.55. The standard InChI is InChI=1S/C12H18N4O/c1-3-5-9-7-4-6-8(2)10(9)15-12(17)16-11(13)14/h4,6-7H,3,5H2,1-2H3,(H5,13,14,15,16,17). The van der Waals surface area contributed by atoms with E-state index in [-0.39, 0.29) is 5.96 Å². The molecule has 0 saturated carbocycles. The second kappa shape index (κ2) is 5.89. The predicted molar refractivity (Wildman–Crippen MR) is 69.2 cm³/mol. The van der Waals surface area contributed by atoms with Crippen molar-refractivity contribution in [2.75, 3.05) is 5.32 Å². The van der Waals surface area contributed by atoms with Crippen LogP contribution in [0, 0.1) is 12.3 Å². The molecule has 0 aliphatic rings. The highest BCUT2D eigenvalue weighted by atomic mass is 16.2. The molecule has 0 aromatic heterocycles. The first-order valence-corrected chi connectivity index (χ1v) is 5.55. The maximum absolute atomic E-state index is 11.5. The van der Waals surface area contributed by atoms with Gasteiger partial charge in [-0.3, -0.25) is 10.7 Å². The summed E-state index contributed by atoms with van der Waals surface area (Å²) >= 11 is 0. The van der Waals surface area contributed by atoms with Gasteiger partial charge >= 0.3 is 6.03 Å². The van der Waals surface area contributed by atoms with Gasteiger partial charge in [0.15, 0.2) is 5.96 Å². The predicted octanol–water partition coefficient (Wildman–Crippen LogP) is 1.96. The fourth-order valence-corrected chi connectivity index (χ4v) is 1.65. The zero-order chi connectivity index (χ0) is 12.8. The van der Waals surface area contributed by atoms with Crippen molar-refractivity contribution in [3.05, 3.63) is 29.3 Å². The number of rotatable bonds is 3. The molecule has 5 nitrogen and oxygen atoms in total. The van der Waals surface area contributed by atoms with Crippen molar-refractivity contribution >= 4 is 17.7 Å². The molecule has 0 fully saturated rings. The van der Waals surface area contributed by atoms with Gasteiger partial charge in [0.2, 0.25) is 0 Å². The highest BCUT2D eigenvalue weighted by Gasteiger charge is 2.09. The number of carbonyl (C=O) groups excluding carboxylic acids is 1. The zero-order valence-corrected chi connectivity index (χ0v) is 10.1. The number of hydrogen-bond donors (Lipinski definition) is 4. The minimum Gasteiger partial charge on any atom is -0.370 e. The Kier molecular flexibility index (Phi) is 4.51. The number of para-hydroxylation sites is 1. The Bertz CT molecular complexity index is 429. The van der Waals surface area contributed by atoms with Gasteiger partial charge in [0.25, 0.3) is 0 Å². The van der Waals surface area contributed by atoms with E-state index < -0.39 is 6.03 Å². The maximum Gasteiger partial charge on any atom is 0.325 e. The molecule has 5 heteroatoms. The first kappa shape index (κ1) is 13.0. The number of guanidine groups is 1. The number of aryl methyl sites for hydroxylation is 2. The third-order valence-electron chi connectivity index (χ3n) is 2.37. The van der Waals surface area contributed by atoms with Gasteiger partial charge in [-0.05, 0) is 24.5 Å². The van der Waals surface area contributed by atoms with E-state index in [0.717, 1.165) is 29.7 Å². The molecule has 0 spiro atoms. The number of carbonyl (C=O) groups is 1. The Morgan fingerprint density at radius 2 is 2.18 bits per heavy atom. The number of benzene rings is 1. The van der Waals surface area contributed by atoms with E-state index in [4.69, 9.17) is 11.1 Å². The lowest BCUT2D eigenvalue weighted by molar-refractivity contribution is 0.256. The van der Waals surface area contributed by atoms with Gasteiger partial charge in [-0.1, -0.05) is 31.5 Å². The fourth-order valence-electron chi connectivity index (χ4n) is 1.65. The van der Waals surface area contributed by atoms with Crippen molar-refractivity contribution in [3.63, 3.8) is 0 Å². The van der Waals surface area contributed by atoms with E-state index in [1.165, 1.54) is 0 Å². The Morgan fingerprint density at radius 3 is 2.76 bits per heavy atom. The Morgan fingerprint density at radius 1 is 1.47 bits per heavy atom. The van der Waals surface area contributed by atoms with E-state index in [9.17, 15) is 4.79 Å². The van der Waals surface area contributed by atoms with Crippen LogP contribution in [0.1, 0.15) is 24.5 Å². The lowest BCUT2D eigenvalue weighted by Crippen LogP contribution is -2.39. The number of amides is 2. The van der Waals surface area contributed by atoms with Gasteiger partial charge in [-0.2, -0.15) is 0 Å². The quantitative estimate of drug-likeness (QED) is 0.475. The minimum absolute atomic E-state index is 0.367. The molecule has 1 aromatic carbocycles. The summed E-state index contributed by atoms with van der Waals surface area (Å²) in [6, 6.07) is 5.40. The molecular weight excluding hydrogens is 216 g/mol. The highest BCUT2D eigenvalue weighted by Crippen LogP contribution is 2.21. The molecule has 0 aliphatic carbocycles. The second-order valence-electron chi connectivity index (χ2n) is 3.85. The van der Waals surface area contributed by atoms with Crippen LogP contribution in [0.3, 0.4) is 0 Å². The minimum atomic E-state index is -0.482. The first-order chi connectivity index (χ1) is 8.04. The number of nitrogens with two attached hydrogens (primary N) is 1. The fraction of sp³-hybridized carbons (Fsp3) is 0.333. The van der Waals surface area contributed by atoms with Crippen molar-refractivity contribution in [1.82, 2.24) is 5.32 Å². The van der Waals surface area contributed by atoms with Crippen molar-refractivity contribution in [1.29, 1.82) is 5.41 Å². The summed E-state index contributed by atoms with van der Waals surface area (Å²) in [5, 5.41) is 11.9. The van der Waals surface area contributed by atoms with E-state index in [1.54, 1.807) is 0 Å². The zero-order valence-electron chi connectivity index (χ0n) is 10.1. The van der Waals surface area contributed by atoms with E-state index in [2.05, 4.69) is 17.6 Å². The topological polar surface area (TPSA) is 91.0 Å². The molecule has 0 atom stereocenters. The summed E-state index contributed by atoms with van der Waals surface area (Å²) in [4.78, 5) is 11.5. The molecule has 0 radical (unpaired) electrons. The van der Waals surface area contributed by atoms with Crippen molar-refractivity contribution in [3.8, 4) is 0 Å². The van der Waals surface area contributed by atoms with Crippen LogP contribution in [-0.4, -0.2) is 12.0 Å². The molecule has 0 heterocycles. The molecule has 0 unspecified atom stereocenters. The largest absolute Gasteiger partial charge is 0.370 e. The van der Waals surface area contributed by atoms with Crippen LogP contribution < -0.4 is 16.4 Å². The van der Waals surface area contributed by atoms with Gasteiger partial charge in [0, 0.05) is 5.69 Å². The van der Waals surface area contributed by atoms with Crippen molar-refractivity contribution < 1.29 is 4.79 Å². The lowest BCUT2D eigenvalue weighted by atomic mass is 10.0. The Labute approximate surface area is 101 Å². The molecule has 0 bridgehead atoms. The number of anilines is 1. The van der Waals surface area contributed by atoms with Gasteiger partial charge in [-0.25, -0.2) is 4.79 Å². The second-order valence-corrected chi connectivity index (χ2v) is 3.85. The Balaban J connectivity index is 2.88. The summed E-state index contributed by atoms with van der Waals surface area (Å²) in [6.45, 7) is 4.02. The normalized spacial score (nSPS) is 9.76. The number of nitrogens with one attached hydrogen (secondary N) is 3. The number of hydrogen-bond acceptors (Lipinski definition) is 2.